The molecule has 0 heterocycles. The van der Waals surface area contributed by atoms with Crippen LogP contribution < -0.4 is 0 Å². The Balaban J connectivity index is 1.94. The molecule has 0 spiro atoms. The van der Waals surface area contributed by atoms with E-state index in [4.69, 9.17) is 0 Å². The van der Waals surface area contributed by atoms with Crippen LogP contribution in [0.15, 0.2) is 24.3 Å². The van der Waals surface area contributed by atoms with E-state index in [-0.39, 0.29) is 23.5 Å². The SMILES string of the molecule is O=C1c2ccccc2C(=O)[C@@](O)(CC2CCCCC2)[C@@H]1O. The minimum Gasteiger partial charge on any atom is -0.381 e. The molecule has 2 N–H and O–H groups in total. The minimum absolute atomic E-state index is 0.174. The molecule has 1 aromatic rings. The number of carbonyl (C=O) groups excluding carboxylic acids is 2. The summed E-state index contributed by atoms with van der Waals surface area (Å²) < 4.78 is 0. The third kappa shape index (κ3) is 2.32. The maximum atomic E-state index is 12.6. The maximum Gasteiger partial charge on any atom is 0.198 e. The quantitative estimate of drug-likeness (QED) is 0.874. The zero-order valence-electron chi connectivity index (χ0n) is 11.9. The van der Waals surface area contributed by atoms with Crippen LogP contribution >= 0.6 is 0 Å². The molecule has 1 fully saturated rings. The fraction of sp³-hybridized carbons (Fsp3) is 0.529. The normalized spacial score (nSPS) is 30.3. The van der Waals surface area contributed by atoms with E-state index in [9.17, 15) is 19.8 Å². The van der Waals surface area contributed by atoms with Gasteiger partial charge in [-0.25, -0.2) is 0 Å². The van der Waals surface area contributed by atoms with Crippen LogP contribution in [0.2, 0.25) is 0 Å². The van der Waals surface area contributed by atoms with Gasteiger partial charge >= 0.3 is 0 Å². The van der Waals surface area contributed by atoms with Crippen LogP contribution in [0.1, 0.15) is 59.2 Å². The second kappa shape index (κ2) is 5.35. The van der Waals surface area contributed by atoms with Crippen molar-refractivity contribution >= 4 is 11.6 Å². The topological polar surface area (TPSA) is 74.6 Å². The lowest BCUT2D eigenvalue weighted by atomic mass is 9.70. The van der Waals surface area contributed by atoms with Crippen molar-refractivity contribution < 1.29 is 19.8 Å². The zero-order chi connectivity index (χ0) is 15.0. The fourth-order valence-corrected chi connectivity index (χ4v) is 3.65. The van der Waals surface area contributed by atoms with Crippen molar-refractivity contribution in [1.82, 2.24) is 0 Å². The first-order valence-corrected chi connectivity index (χ1v) is 7.62. The molecule has 3 rings (SSSR count). The van der Waals surface area contributed by atoms with Gasteiger partial charge in [0.25, 0.3) is 0 Å². The fourth-order valence-electron chi connectivity index (χ4n) is 3.65. The Kier molecular flexibility index (Phi) is 3.68. The molecule has 2 aliphatic carbocycles. The summed E-state index contributed by atoms with van der Waals surface area (Å²) in [5, 5.41) is 21.0. The molecule has 0 aromatic heterocycles. The second-order valence-electron chi connectivity index (χ2n) is 6.27. The Labute approximate surface area is 123 Å². The van der Waals surface area contributed by atoms with Gasteiger partial charge in [-0.2, -0.15) is 0 Å². The van der Waals surface area contributed by atoms with E-state index in [2.05, 4.69) is 0 Å². The van der Waals surface area contributed by atoms with Gasteiger partial charge < -0.3 is 10.2 Å². The number of hydrogen-bond donors (Lipinski definition) is 2. The van der Waals surface area contributed by atoms with Gasteiger partial charge in [0.1, 0.15) is 0 Å². The zero-order valence-corrected chi connectivity index (χ0v) is 11.9. The molecule has 0 bridgehead atoms. The highest BCUT2D eigenvalue weighted by molar-refractivity contribution is 6.19. The molecule has 0 aliphatic heterocycles. The molecule has 0 radical (unpaired) electrons. The minimum atomic E-state index is -1.96. The van der Waals surface area contributed by atoms with Crippen molar-refractivity contribution in [2.24, 2.45) is 5.92 Å². The molecule has 112 valence electrons. The number of hydrogen-bond acceptors (Lipinski definition) is 4. The predicted molar refractivity (Wildman–Crippen MR) is 77.3 cm³/mol. The van der Waals surface area contributed by atoms with E-state index in [1.165, 1.54) is 12.5 Å². The molecule has 1 saturated carbocycles. The molecule has 4 nitrogen and oxygen atoms in total. The predicted octanol–water partition coefficient (Wildman–Crippen LogP) is 2.13. The molecule has 0 saturated heterocycles. The number of carbonyl (C=O) groups is 2. The van der Waals surface area contributed by atoms with Gasteiger partial charge in [0.2, 0.25) is 0 Å². The van der Waals surface area contributed by atoms with Gasteiger partial charge in [-0.3, -0.25) is 9.59 Å². The Morgan fingerprint density at radius 2 is 1.67 bits per heavy atom. The van der Waals surface area contributed by atoms with E-state index >= 15 is 0 Å². The van der Waals surface area contributed by atoms with Crippen LogP contribution in [0.5, 0.6) is 0 Å². The highest BCUT2D eigenvalue weighted by Gasteiger charge is 2.52. The van der Waals surface area contributed by atoms with Crippen molar-refractivity contribution in [1.29, 1.82) is 0 Å². The van der Waals surface area contributed by atoms with Gasteiger partial charge in [0.15, 0.2) is 23.3 Å². The summed E-state index contributed by atoms with van der Waals surface area (Å²) in [5.74, 6) is -0.875. The molecule has 0 amide bonds. The standard InChI is InChI=1S/C17H20O4/c18-14-12-8-4-5-9-13(12)15(19)17(21,16(14)20)10-11-6-2-1-3-7-11/h4-5,8-9,11,16,20-21H,1-3,6-7,10H2/t16-,17+/m1/s1. The molecule has 2 atom stereocenters. The summed E-state index contributed by atoms with van der Waals surface area (Å²) in [7, 11) is 0. The van der Waals surface area contributed by atoms with Gasteiger partial charge in [-0.1, -0.05) is 56.4 Å². The maximum absolute atomic E-state index is 12.6. The summed E-state index contributed by atoms with van der Waals surface area (Å²) in [6.07, 6.45) is 3.74. The average Bonchev–Trinajstić information content (AvgIpc) is 2.52. The van der Waals surface area contributed by atoms with Crippen molar-refractivity contribution in [2.75, 3.05) is 0 Å². The summed E-state index contributed by atoms with van der Waals surface area (Å²) in [5.41, 5.74) is -1.53. The third-order valence-electron chi connectivity index (χ3n) is 4.86. The third-order valence-corrected chi connectivity index (χ3v) is 4.86. The first kappa shape index (κ1) is 14.4. The van der Waals surface area contributed by atoms with Crippen molar-refractivity contribution in [3.8, 4) is 0 Å². The number of Topliss-reactive ketones (excluding diaryl/α,β-unsaturated/α-hetero) is 2. The van der Waals surface area contributed by atoms with Crippen molar-refractivity contribution in [2.45, 2.75) is 50.2 Å². The van der Waals surface area contributed by atoms with E-state index in [1.54, 1.807) is 18.2 Å². The number of aliphatic hydroxyl groups excluding tert-OH is 1. The Morgan fingerprint density at radius 3 is 2.33 bits per heavy atom. The molecule has 2 aliphatic rings. The lowest BCUT2D eigenvalue weighted by Crippen LogP contribution is -2.57. The lowest BCUT2D eigenvalue weighted by molar-refractivity contribution is -0.0547. The molecule has 1 aromatic carbocycles. The van der Waals surface area contributed by atoms with Gasteiger partial charge in [0.05, 0.1) is 0 Å². The first-order valence-electron chi connectivity index (χ1n) is 7.62. The van der Waals surface area contributed by atoms with Crippen LogP contribution in [0.25, 0.3) is 0 Å². The highest BCUT2D eigenvalue weighted by atomic mass is 16.4. The van der Waals surface area contributed by atoms with Crippen LogP contribution in [0.3, 0.4) is 0 Å². The summed E-state index contributed by atoms with van der Waals surface area (Å²) in [4.78, 5) is 24.9. The van der Waals surface area contributed by atoms with E-state index in [0.717, 1.165) is 25.7 Å². The summed E-state index contributed by atoms with van der Waals surface area (Å²) >= 11 is 0. The Morgan fingerprint density at radius 1 is 1.05 bits per heavy atom. The van der Waals surface area contributed by atoms with Crippen LogP contribution in [0.4, 0.5) is 0 Å². The van der Waals surface area contributed by atoms with E-state index < -0.39 is 23.3 Å². The molecule has 0 unspecified atom stereocenters. The highest BCUT2D eigenvalue weighted by Crippen LogP contribution is 2.37. The van der Waals surface area contributed by atoms with Crippen LogP contribution in [-0.2, 0) is 0 Å². The van der Waals surface area contributed by atoms with Crippen molar-refractivity contribution in [3.63, 3.8) is 0 Å². The molecule has 4 heteroatoms. The molecular weight excluding hydrogens is 268 g/mol. The number of ketones is 2. The van der Waals surface area contributed by atoms with Crippen LogP contribution in [0, 0.1) is 5.92 Å². The molecule has 21 heavy (non-hydrogen) atoms. The van der Waals surface area contributed by atoms with Gasteiger partial charge in [-0.15, -0.1) is 0 Å². The number of aliphatic hydroxyl groups is 2. The van der Waals surface area contributed by atoms with E-state index in [1.807, 2.05) is 0 Å². The monoisotopic (exact) mass is 288 g/mol. The van der Waals surface area contributed by atoms with Crippen LogP contribution in [-0.4, -0.2) is 33.5 Å². The smallest absolute Gasteiger partial charge is 0.198 e. The first-order chi connectivity index (χ1) is 10.0. The van der Waals surface area contributed by atoms with Crippen molar-refractivity contribution in [3.05, 3.63) is 35.4 Å². The number of rotatable bonds is 2. The summed E-state index contributed by atoms with van der Waals surface area (Å²) in [6, 6.07) is 6.40. The van der Waals surface area contributed by atoms with Gasteiger partial charge in [0, 0.05) is 11.1 Å². The Hall–Kier alpha value is -1.52. The largest absolute Gasteiger partial charge is 0.381 e. The van der Waals surface area contributed by atoms with Gasteiger partial charge in [-0.05, 0) is 12.3 Å². The molecular formula is C17H20O4. The second-order valence-corrected chi connectivity index (χ2v) is 6.27. The van der Waals surface area contributed by atoms with E-state index in [0.29, 0.717) is 0 Å². The average molecular weight is 288 g/mol. The lowest BCUT2D eigenvalue weighted by Gasteiger charge is -2.38. The number of benzene rings is 1. The Bertz CT molecular complexity index is 574. The number of fused-ring (bicyclic) bond motifs is 1. The summed E-state index contributed by atoms with van der Waals surface area (Å²) in [6.45, 7) is 0.